The molecule has 0 saturated carbocycles. The minimum absolute atomic E-state index is 0.0302. The maximum absolute atomic E-state index is 14.3. The minimum Gasteiger partial charge on any atom is -0.406 e. The first-order valence-electron chi connectivity index (χ1n) is 12.8. The van der Waals surface area contributed by atoms with Gasteiger partial charge in [0.1, 0.15) is 11.9 Å². The van der Waals surface area contributed by atoms with Crippen molar-refractivity contribution in [3.63, 3.8) is 0 Å². The quantitative estimate of drug-likeness (QED) is 0.271. The fraction of sp³-hybridized carbons (Fsp3) is 0.481. The number of hydrogen-bond donors (Lipinski definition) is 3. The van der Waals surface area contributed by atoms with Crippen LogP contribution in [0, 0.1) is 11.7 Å². The summed E-state index contributed by atoms with van der Waals surface area (Å²) in [5, 5.41) is 9.23. The van der Waals surface area contributed by atoms with Crippen LogP contribution >= 0.6 is 31.9 Å². The summed E-state index contributed by atoms with van der Waals surface area (Å²) >= 11 is 6.39. The molecule has 0 aliphatic carbocycles. The van der Waals surface area contributed by atoms with Crippen LogP contribution < -0.4 is 16.0 Å². The lowest BCUT2D eigenvalue weighted by atomic mass is 9.72. The van der Waals surface area contributed by atoms with Gasteiger partial charge in [-0.1, -0.05) is 60.1 Å². The van der Waals surface area contributed by atoms with Crippen LogP contribution in [0.2, 0.25) is 0 Å². The Morgan fingerprint density at radius 1 is 1.08 bits per heavy atom. The molecule has 2 aromatic carbocycles. The van der Waals surface area contributed by atoms with Crippen molar-refractivity contribution in [1.29, 1.82) is 0 Å². The number of halogens is 3. The smallest absolute Gasteiger partial charge is 0.406 e. The van der Waals surface area contributed by atoms with Crippen molar-refractivity contribution in [3.8, 4) is 0 Å². The predicted molar refractivity (Wildman–Crippen MR) is 154 cm³/mol. The molecule has 0 spiro atoms. The van der Waals surface area contributed by atoms with Gasteiger partial charge >= 0.3 is 7.12 Å². The first kappa shape index (κ1) is 30.8. The summed E-state index contributed by atoms with van der Waals surface area (Å²) in [6, 6.07) is 11.3. The zero-order valence-electron chi connectivity index (χ0n) is 22.1. The van der Waals surface area contributed by atoms with E-state index in [2.05, 4.69) is 61.7 Å². The van der Waals surface area contributed by atoms with Gasteiger partial charge in [-0.05, 0) is 59.8 Å². The van der Waals surface area contributed by atoms with Gasteiger partial charge in [-0.15, -0.1) is 0 Å². The highest BCUT2D eigenvalue weighted by Gasteiger charge is 2.37. The van der Waals surface area contributed by atoms with E-state index in [1.807, 2.05) is 44.2 Å². The fourth-order valence-corrected chi connectivity index (χ4v) is 5.15. The monoisotopic (exact) mass is 653 g/mol. The highest BCUT2D eigenvalue weighted by atomic mass is 79.9. The van der Waals surface area contributed by atoms with Gasteiger partial charge in [0.05, 0.1) is 28.2 Å². The van der Waals surface area contributed by atoms with Crippen molar-refractivity contribution in [1.82, 2.24) is 16.0 Å². The van der Waals surface area contributed by atoms with Gasteiger partial charge in [0, 0.05) is 24.0 Å². The standard InChI is InChI=1S/C27H35BBr2FN3O4/c1-16(2)10-24(28-37-17(3)14-32-15-18(4)38-28)34-27(36)23(11-19-8-6-5-7-9-19)33-26(35)21-12-20(29)13-22(31)25(21)30/h5-9,12-13,16-18,23-24,32H,10-11,14-15H2,1-4H3,(H,33,35)(H,34,36)/t17?,18?,23-,24-/m0/s1. The molecule has 38 heavy (non-hydrogen) atoms. The summed E-state index contributed by atoms with van der Waals surface area (Å²) in [5.41, 5.74) is 0.961. The Morgan fingerprint density at radius 3 is 2.32 bits per heavy atom. The largest absolute Gasteiger partial charge is 0.481 e. The Hall–Kier alpha value is -1.79. The Morgan fingerprint density at radius 2 is 1.71 bits per heavy atom. The third kappa shape index (κ3) is 9.15. The van der Waals surface area contributed by atoms with E-state index in [1.54, 1.807) is 0 Å². The second-order valence-corrected chi connectivity index (χ2v) is 11.8. The molecule has 2 unspecified atom stereocenters. The van der Waals surface area contributed by atoms with Gasteiger partial charge < -0.3 is 25.3 Å². The first-order valence-corrected chi connectivity index (χ1v) is 14.4. The highest BCUT2D eigenvalue weighted by molar-refractivity contribution is 9.11. The average Bonchev–Trinajstić information content (AvgIpc) is 2.84. The molecule has 3 N–H and O–H groups in total. The molecule has 0 aromatic heterocycles. The maximum atomic E-state index is 14.3. The summed E-state index contributed by atoms with van der Waals surface area (Å²) in [5.74, 6) is -1.70. The summed E-state index contributed by atoms with van der Waals surface area (Å²) in [6.07, 6.45) is 0.659. The van der Waals surface area contributed by atoms with Crippen LogP contribution in [-0.4, -0.2) is 56.2 Å². The first-order chi connectivity index (χ1) is 18.0. The third-order valence-electron chi connectivity index (χ3n) is 6.12. The molecule has 7 nitrogen and oxygen atoms in total. The molecule has 3 rings (SSSR count). The van der Waals surface area contributed by atoms with E-state index in [1.165, 1.54) is 12.1 Å². The van der Waals surface area contributed by atoms with Crippen LogP contribution in [0.25, 0.3) is 0 Å². The van der Waals surface area contributed by atoms with Gasteiger partial charge in [0.25, 0.3) is 5.91 Å². The van der Waals surface area contributed by atoms with Crippen molar-refractivity contribution >= 4 is 50.8 Å². The van der Waals surface area contributed by atoms with Gasteiger partial charge in [-0.2, -0.15) is 0 Å². The highest BCUT2D eigenvalue weighted by Crippen LogP contribution is 2.25. The van der Waals surface area contributed by atoms with Crippen molar-refractivity contribution < 1.29 is 23.3 Å². The van der Waals surface area contributed by atoms with Gasteiger partial charge in [-0.25, -0.2) is 4.39 Å². The molecular formula is C27H35BBr2FN3O4. The Labute approximate surface area is 241 Å². The zero-order chi connectivity index (χ0) is 27.8. The molecule has 0 bridgehead atoms. The van der Waals surface area contributed by atoms with Gasteiger partial charge in [0.2, 0.25) is 5.91 Å². The van der Waals surface area contributed by atoms with Crippen LogP contribution in [0.5, 0.6) is 0 Å². The zero-order valence-corrected chi connectivity index (χ0v) is 25.3. The lowest BCUT2D eigenvalue weighted by Crippen LogP contribution is -2.58. The topological polar surface area (TPSA) is 88.7 Å². The van der Waals surface area contributed by atoms with Crippen LogP contribution in [-0.2, 0) is 20.5 Å². The lowest BCUT2D eigenvalue weighted by molar-refractivity contribution is -0.123. The summed E-state index contributed by atoms with van der Waals surface area (Å²) in [4.78, 5) is 27.0. The van der Waals surface area contributed by atoms with E-state index in [4.69, 9.17) is 9.31 Å². The van der Waals surface area contributed by atoms with Crippen LogP contribution in [0.4, 0.5) is 4.39 Å². The fourth-order valence-electron chi connectivity index (χ4n) is 4.31. The van der Waals surface area contributed by atoms with Crippen LogP contribution in [0.3, 0.4) is 0 Å². The molecular weight excluding hydrogens is 620 g/mol. The van der Waals surface area contributed by atoms with Gasteiger partial charge in [-0.3, -0.25) is 9.59 Å². The number of carbonyl (C=O) groups is 2. The second kappa shape index (κ2) is 14.6. The normalized spacial score (nSPS) is 19.8. The van der Waals surface area contributed by atoms with Crippen molar-refractivity contribution in [2.75, 3.05) is 13.1 Å². The van der Waals surface area contributed by atoms with Crippen molar-refractivity contribution in [3.05, 3.63) is 68.4 Å². The summed E-state index contributed by atoms with van der Waals surface area (Å²) in [7, 11) is -0.644. The van der Waals surface area contributed by atoms with Gasteiger partial charge in [0.15, 0.2) is 0 Å². The molecule has 2 amide bonds. The number of nitrogens with one attached hydrogen (secondary N) is 3. The van der Waals surface area contributed by atoms with E-state index in [9.17, 15) is 14.0 Å². The van der Waals surface area contributed by atoms with Crippen LogP contribution in [0.1, 0.15) is 50.0 Å². The summed E-state index contributed by atoms with van der Waals surface area (Å²) < 4.78 is 27.1. The number of amides is 2. The number of carbonyl (C=O) groups excluding carboxylic acids is 2. The Balaban J connectivity index is 1.86. The van der Waals surface area contributed by atoms with Crippen molar-refractivity contribution in [2.45, 2.75) is 64.7 Å². The molecule has 1 heterocycles. The molecule has 206 valence electrons. The van der Waals surface area contributed by atoms with E-state index in [0.29, 0.717) is 24.0 Å². The molecule has 4 atom stereocenters. The molecule has 0 radical (unpaired) electrons. The maximum Gasteiger partial charge on any atom is 0.481 e. The van der Waals surface area contributed by atoms with E-state index < -0.39 is 30.8 Å². The summed E-state index contributed by atoms with van der Waals surface area (Å²) in [6.45, 7) is 9.41. The number of rotatable bonds is 9. The molecule has 11 heteroatoms. The molecule has 1 aliphatic heterocycles. The minimum atomic E-state index is -0.918. The SMILES string of the molecule is CC(C)C[C@H](NC(=O)[C@H](Cc1ccccc1)NC(=O)c1cc(Br)cc(F)c1Br)B1OC(C)CNCC(C)O1. The average molecular weight is 655 g/mol. The number of hydrogen-bond acceptors (Lipinski definition) is 5. The Kier molecular flexibility index (Phi) is 11.8. The predicted octanol–water partition coefficient (Wildman–Crippen LogP) is 4.66. The van der Waals surface area contributed by atoms with E-state index in [-0.39, 0.29) is 40.5 Å². The number of benzene rings is 2. The molecule has 1 fully saturated rings. The third-order valence-corrected chi connectivity index (χ3v) is 7.38. The second-order valence-electron chi connectivity index (χ2n) is 10.1. The van der Waals surface area contributed by atoms with E-state index >= 15 is 0 Å². The molecule has 1 saturated heterocycles. The van der Waals surface area contributed by atoms with Crippen LogP contribution in [0.15, 0.2) is 51.4 Å². The van der Waals surface area contributed by atoms with Crippen molar-refractivity contribution in [2.24, 2.45) is 5.92 Å². The Bertz CT molecular complexity index is 1080. The molecule has 1 aliphatic rings. The molecule has 2 aromatic rings. The van der Waals surface area contributed by atoms with E-state index in [0.717, 1.165) is 5.56 Å². The lowest BCUT2D eigenvalue weighted by Gasteiger charge is -2.33.